The topological polar surface area (TPSA) is 49.3 Å². The molecule has 0 bridgehead atoms. The minimum Gasteiger partial charge on any atom is -0.356 e. The molecule has 0 spiro atoms. The molecule has 0 amide bonds. The Morgan fingerprint density at radius 2 is 2.08 bits per heavy atom. The maximum absolute atomic E-state index is 13.3. The van der Waals surface area contributed by atoms with E-state index < -0.39 is 11.6 Å². The van der Waals surface area contributed by atoms with Crippen LogP contribution in [0.3, 0.4) is 0 Å². The number of aliphatic imine (C=N–C) groups is 1. The zero-order chi connectivity index (χ0) is 16.8. The molecule has 1 atom stereocenters. The fourth-order valence-electron chi connectivity index (χ4n) is 2.07. The van der Waals surface area contributed by atoms with Gasteiger partial charge in [-0.2, -0.15) is 0 Å². The van der Waals surface area contributed by atoms with Gasteiger partial charge in [-0.15, -0.1) is 35.3 Å². The third-order valence-electron chi connectivity index (χ3n) is 3.32. The summed E-state index contributed by atoms with van der Waals surface area (Å²) < 4.78 is 26.3. The molecule has 0 saturated carbocycles. The van der Waals surface area contributed by atoms with Crippen molar-refractivity contribution in [2.24, 2.45) is 4.99 Å². The maximum Gasteiger partial charge on any atom is 0.191 e. The molecule has 0 aliphatic heterocycles. The quantitative estimate of drug-likeness (QED) is 0.400. The number of thiazole rings is 1. The molecule has 8 heteroatoms. The van der Waals surface area contributed by atoms with E-state index >= 15 is 0 Å². The summed E-state index contributed by atoms with van der Waals surface area (Å²) in [6.45, 7) is 4.58. The van der Waals surface area contributed by atoms with E-state index in [0.29, 0.717) is 18.1 Å². The minimum absolute atomic E-state index is 0. The van der Waals surface area contributed by atoms with Crippen LogP contribution in [0.1, 0.15) is 28.4 Å². The second kappa shape index (κ2) is 9.87. The molecule has 2 N–H and O–H groups in total. The van der Waals surface area contributed by atoms with E-state index in [9.17, 15) is 8.78 Å². The SMILES string of the molecule is CN=C(NCCc1ncc(C)s1)NC(C)c1ccc(F)c(F)c1.I. The first kappa shape index (κ1) is 20.8. The average Bonchev–Trinajstić information content (AvgIpc) is 2.94. The second-order valence-corrected chi connectivity index (χ2v) is 6.47. The van der Waals surface area contributed by atoms with Crippen molar-refractivity contribution in [3.05, 3.63) is 51.5 Å². The van der Waals surface area contributed by atoms with E-state index in [1.165, 1.54) is 10.9 Å². The van der Waals surface area contributed by atoms with Gasteiger partial charge in [-0.3, -0.25) is 4.99 Å². The van der Waals surface area contributed by atoms with Gasteiger partial charge in [0.1, 0.15) is 0 Å². The Kier molecular flexibility index (Phi) is 8.54. The molecule has 24 heavy (non-hydrogen) atoms. The summed E-state index contributed by atoms with van der Waals surface area (Å²) in [4.78, 5) is 9.63. The lowest BCUT2D eigenvalue weighted by Crippen LogP contribution is -2.39. The normalized spacial score (nSPS) is 12.5. The molecule has 0 saturated heterocycles. The highest BCUT2D eigenvalue weighted by molar-refractivity contribution is 14.0. The lowest BCUT2D eigenvalue weighted by atomic mass is 10.1. The Labute approximate surface area is 161 Å². The smallest absolute Gasteiger partial charge is 0.191 e. The molecule has 0 radical (unpaired) electrons. The maximum atomic E-state index is 13.3. The van der Waals surface area contributed by atoms with Gasteiger partial charge < -0.3 is 10.6 Å². The van der Waals surface area contributed by atoms with Gasteiger partial charge >= 0.3 is 0 Å². The van der Waals surface area contributed by atoms with Crippen LogP contribution < -0.4 is 10.6 Å². The van der Waals surface area contributed by atoms with Gasteiger partial charge in [-0.05, 0) is 31.5 Å². The number of hydrogen-bond acceptors (Lipinski definition) is 3. The number of halogens is 3. The van der Waals surface area contributed by atoms with Crippen LogP contribution in [0, 0.1) is 18.6 Å². The van der Waals surface area contributed by atoms with Crippen LogP contribution in [0.25, 0.3) is 0 Å². The number of aromatic nitrogens is 1. The molecule has 1 aromatic heterocycles. The van der Waals surface area contributed by atoms with Crippen molar-refractivity contribution in [2.45, 2.75) is 26.3 Å². The molecule has 132 valence electrons. The molecule has 0 aliphatic rings. The number of guanidine groups is 1. The van der Waals surface area contributed by atoms with Crippen molar-refractivity contribution >= 4 is 41.3 Å². The fraction of sp³-hybridized carbons (Fsp3) is 0.375. The molecular formula is C16H21F2IN4S. The van der Waals surface area contributed by atoms with Crippen LogP contribution in [0.2, 0.25) is 0 Å². The van der Waals surface area contributed by atoms with Gasteiger partial charge in [0.25, 0.3) is 0 Å². The summed E-state index contributed by atoms with van der Waals surface area (Å²) in [5, 5.41) is 7.41. The number of rotatable bonds is 5. The molecule has 1 heterocycles. The first-order chi connectivity index (χ1) is 11.0. The van der Waals surface area contributed by atoms with E-state index in [2.05, 4.69) is 20.6 Å². The van der Waals surface area contributed by atoms with E-state index in [-0.39, 0.29) is 30.0 Å². The Bertz CT molecular complexity index is 690. The predicted molar refractivity (Wildman–Crippen MR) is 105 cm³/mol. The largest absolute Gasteiger partial charge is 0.356 e. The van der Waals surface area contributed by atoms with Crippen molar-refractivity contribution in [1.82, 2.24) is 15.6 Å². The lowest BCUT2D eigenvalue weighted by Gasteiger charge is -2.18. The van der Waals surface area contributed by atoms with Crippen molar-refractivity contribution in [3.8, 4) is 0 Å². The zero-order valence-corrected chi connectivity index (χ0v) is 16.9. The van der Waals surface area contributed by atoms with Crippen molar-refractivity contribution in [2.75, 3.05) is 13.6 Å². The summed E-state index contributed by atoms with van der Waals surface area (Å²) in [7, 11) is 1.67. The highest BCUT2D eigenvalue weighted by Gasteiger charge is 2.11. The Balaban J connectivity index is 0.00000288. The van der Waals surface area contributed by atoms with Crippen molar-refractivity contribution in [1.29, 1.82) is 0 Å². The van der Waals surface area contributed by atoms with E-state index in [4.69, 9.17) is 0 Å². The highest BCUT2D eigenvalue weighted by Crippen LogP contribution is 2.16. The summed E-state index contributed by atoms with van der Waals surface area (Å²) >= 11 is 1.67. The first-order valence-corrected chi connectivity index (χ1v) is 8.14. The number of nitrogens with zero attached hydrogens (tertiary/aromatic N) is 2. The van der Waals surface area contributed by atoms with Crippen LogP contribution >= 0.6 is 35.3 Å². The first-order valence-electron chi connectivity index (χ1n) is 7.33. The Morgan fingerprint density at radius 3 is 2.67 bits per heavy atom. The fourth-order valence-corrected chi connectivity index (χ4v) is 2.86. The molecule has 2 rings (SSSR count). The Hall–Kier alpha value is -1.29. The predicted octanol–water partition coefficient (Wildman–Crippen LogP) is 3.82. The van der Waals surface area contributed by atoms with E-state index in [0.717, 1.165) is 17.5 Å². The van der Waals surface area contributed by atoms with Gasteiger partial charge in [0, 0.05) is 31.1 Å². The minimum atomic E-state index is -0.849. The summed E-state index contributed by atoms with van der Waals surface area (Å²) in [6, 6.07) is 3.68. The van der Waals surface area contributed by atoms with Gasteiger partial charge in [0.2, 0.25) is 0 Å². The molecule has 0 fully saturated rings. The summed E-state index contributed by atoms with van der Waals surface area (Å²) in [5.74, 6) is -1.09. The van der Waals surface area contributed by atoms with Crippen molar-refractivity contribution in [3.63, 3.8) is 0 Å². The summed E-state index contributed by atoms with van der Waals surface area (Å²) in [6.07, 6.45) is 2.66. The molecule has 2 aromatic rings. The van der Waals surface area contributed by atoms with Gasteiger partial charge in [0.15, 0.2) is 17.6 Å². The molecule has 0 aliphatic carbocycles. The molecular weight excluding hydrogens is 445 g/mol. The third-order valence-corrected chi connectivity index (χ3v) is 4.29. The monoisotopic (exact) mass is 466 g/mol. The van der Waals surface area contributed by atoms with Crippen LogP contribution in [0.5, 0.6) is 0 Å². The van der Waals surface area contributed by atoms with Crippen LogP contribution in [0.4, 0.5) is 8.78 Å². The molecule has 4 nitrogen and oxygen atoms in total. The van der Waals surface area contributed by atoms with Gasteiger partial charge in [-0.1, -0.05) is 6.07 Å². The van der Waals surface area contributed by atoms with Gasteiger partial charge in [0.05, 0.1) is 11.0 Å². The molecule has 1 unspecified atom stereocenters. The number of aryl methyl sites for hydroxylation is 1. The second-order valence-electron chi connectivity index (χ2n) is 5.15. The third kappa shape index (κ3) is 5.97. The standard InChI is InChI=1S/C16H20F2N4S.HI/c1-10-9-21-15(23-10)6-7-20-16(19-3)22-11(2)12-4-5-13(17)14(18)8-12;/h4-5,8-9,11H,6-7H2,1-3H3,(H2,19,20,22);1H. The van der Waals surface area contributed by atoms with Crippen LogP contribution in [-0.2, 0) is 6.42 Å². The highest BCUT2D eigenvalue weighted by atomic mass is 127. The average molecular weight is 466 g/mol. The van der Waals surface area contributed by atoms with Crippen LogP contribution in [0.15, 0.2) is 29.4 Å². The van der Waals surface area contributed by atoms with Crippen LogP contribution in [-0.4, -0.2) is 24.5 Å². The number of hydrogen-bond donors (Lipinski definition) is 2. The lowest BCUT2D eigenvalue weighted by molar-refractivity contribution is 0.504. The zero-order valence-electron chi connectivity index (χ0n) is 13.8. The Morgan fingerprint density at radius 1 is 1.33 bits per heavy atom. The number of nitrogens with one attached hydrogen (secondary N) is 2. The van der Waals surface area contributed by atoms with E-state index in [1.807, 2.05) is 20.0 Å². The molecule has 1 aromatic carbocycles. The number of benzene rings is 1. The summed E-state index contributed by atoms with van der Waals surface area (Å²) in [5.41, 5.74) is 0.655. The van der Waals surface area contributed by atoms with Crippen molar-refractivity contribution < 1.29 is 8.78 Å². The van der Waals surface area contributed by atoms with Gasteiger partial charge in [-0.25, -0.2) is 13.8 Å². The van der Waals surface area contributed by atoms with E-state index in [1.54, 1.807) is 24.5 Å².